The first kappa shape index (κ1) is 15.8. The van der Waals surface area contributed by atoms with Gasteiger partial charge in [-0.2, -0.15) is 0 Å². The summed E-state index contributed by atoms with van der Waals surface area (Å²) in [7, 11) is 0. The lowest BCUT2D eigenvalue weighted by atomic mass is 9.73. The second-order valence-corrected chi connectivity index (χ2v) is 6.99. The van der Waals surface area contributed by atoms with E-state index in [0.29, 0.717) is 0 Å². The van der Waals surface area contributed by atoms with Crippen molar-refractivity contribution in [3.05, 3.63) is 71.8 Å². The van der Waals surface area contributed by atoms with Gasteiger partial charge in [0.2, 0.25) is 0 Å². The van der Waals surface area contributed by atoms with E-state index in [1.165, 1.54) is 11.1 Å². The van der Waals surface area contributed by atoms with E-state index in [-0.39, 0.29) is 11.0 Å². The van der Waals surface area contributed by atoms with Gasteiger partial charge in [0.05, 0.1) is 0 Å². The zero-order valence-electron chi connectivity index (χ0n) is 13.7. The first-order valence-electron chi connectivity index (χ1n) is 7.78. The molecule has 0 spiro atoms. The molecule has 0 atom stereocenters. The van der Waals surface area contributed by atoms with Gasteiger partial charge in [-0.3, -0.25) is 0 Å². The zero-order valence-corrected chi connectivity index (χ0v) is 13.7. The topological polar surface area (TPSA) is 12.0 Å². The molecular weight excluding hydrogens is 254 g/mol. The van der Waals surface area contributed by atoms with Gasteiger partial charge in [0.1, 0.15) is 0 Å². The molecule has 0 aromatic heterocycles. The lowest BCUT2D eigenvalue weighted by molar-refractivity contribution is 0.390. The van der Waals surface area contributed by atoms with Crippen LogP contribution in [0, 0.1) is 0 Å². The lowest BCUT2D eigenvalue weighted by Gasteiger charge is -2.33. The number of hydrogen-bond donors (Lipinski definition) is 1. The molecule has 0 fully saturated rings. The molecule has 0 unspecified atom stereocenters. The highest BCUT2D eigenvalue weighted by atomic mass is 14.9. The molecule has 1 heteroatoms. The van der Waals surface area contributed by atoms with Crippen molar-refractivity contribution in [2.75, 3.05) is 6.54 Å². The predicted octanol–water partition coefficient (Wildman–Crippen LogP) is 4.77. The van der Waals surface area contributed by atoms with Crippen LogP contribution in [0.3, 0.4) is 0 Å². The number of nitrogens with one attached hydrogen (secondary N) is 1. The molecular formula is C20H27N. The Morgan fingerprint density at radius 2 is 1.14 bits per heavy atom. The van der Waals surface area contributed by atoms with Crippen LogP contribution in [0.5, 0.6) is 0 Å². The molecule has 0 aliphatic heterocycles. The first-order chi connectivity index (χ1) is 9.92. The van der Waals surface area contributed by atoms with Crippen LogP contribution in [0.4, 0.5) is 0 Å². The van der Waals surface area contributed by atoms with Crippen molar-refractivity contribution < 1.29 is 0 Å². The van der Waals surface area contributed by atoms with Gasteiger partial charge >= 0.3 is 0 Å². The lowest BCUT2D eigenvalue weighted by Crippen LogP contribution is -2.39. The quantitative estimate of drug-likeness (QED) is 0.832. The molecule has 2 aromatic carbocycles. The summed E-state index contributed by atoms with van der Waals surface area (Å²) in [5, 5.41) is 3.62. The second-order valence-electron chi connectivity index (χ2n) is 6.99. The van der Waals surface area contributed by atoms with Crippen molar-refractivity contribution in [3.63, 3.8) is 0 Å². The van der Waals surface area contributed by atoms with Crippen LogP contribution >= 0.6 is 0 Å². The fraction of sp³-hybridized carbons (Fsp3) is 0.400. The molecule has 112 valence electrons. The van der Waals surface area contributed by atoms with Crippen LogP contribution in [-0.2, 0) is 5.41 Å². The van der Waals surface area contributed by atoms with Gasteiger partial charge in [-0.25, -0.2) is 0 Å². The molecule has 0 heterocycles. The van der Waals surface area contributed by atoms with Crippen LogP contribution in [0.25, 0.3) is 0 Å². The van der Waals surface area contributed by atoms with E-state index in [4.69, 9.17) is 0 Å². The van der Waals surface area contributed by atoms with E-state index in [9.17, 15) is 0 Å². The third kappa shape index (κ3) is 4.18. The Morgan fingerprint density at radius 3 is 1.52 bits per heavy atom. The Bertz CT molecular complexity index is 498. The van der Waals surface area contributed by atoms with Gasteiger partial charge in [0.15, 0.2) is 0 Å². The van der Waals surface area contributed by atoms with E-state index in [1.807, 2.05) is 0 Å². The van der Waals surface area contributed by atoms with E-state index in [0.717, 1.165) is 13.0 Å². The third-order valence-electron chi connectivity index (χ3n) is 4.10. The van der Waals surface area contributed by atoms with Crippen LogP contribution in [0.1, 0.15) is 45.2 Å². The fourth-order valence-corrected chi connectivity index (χ4v) is 2.75. The third-order valence-corrected chi connectivity index (χ3v) is 4.10. The molecule has 2 aromatic rings. The minimum absolute atomic E-state index is 0.0424. The summed E-state index contributed by atoms with van der Waals surface area (Å²) in [5.74, 6) is 0. The molecule has 1 nitrogen and oxygen atoms in total. The van der Waals surface area contributed by atoms with Crippen LogP contribution < -0.4 is 5.32 Å². The molecule has 1 N–H and O–H groups in total. The number of benzene rings is 2. The van der Waals surface area contributed by atoms with Crippen molar-refractivity contribution in [1.29, 1.82) is 0 Å². The van der Waals surface area contributed by atoms with Crippen LogP contribution in [0.2, 0.25) is 0 Å². The summed E-state index contributed by atoms with van der Waals surface area (Å²) in [6, 6.07) is 21.7. The van der Waals surface area contributed by atoms with Crippen molar-refractivity contribution in [2.45, 2.75) is 45.1 Å². The van der Waals surface area contributed by atoms with Gasteiger partial charge < -0.3 is 5.32 Å². The maximum Gasteiger partial charge on any atom is 0.0186 e. The van der Waals surface area contributed by atoms with Gasteiger partial charge in [0.25, 0.3) is 0 Å². The SMILES string of the molecule is CC(C)(C)NCCC(C)(c1ccccc1)c1ccccc1. The van der Waals surface area contributed by atoms with Crippen molar-refractivity contribution in [3.8, 4) is 0 Å². The van der Waals surface area contributed by atoms with Gasteiger partial charge in [0, 0.05) is 11.0 Å². The molecule has 0 saturated carbocycles. The Balaban J connectivity index is 2.27. The smallest absolute Gasteiger partial charge is 0.0186 e. The van der Waals surface area contributed by atoms with Gasteiger partial charge in [-0.15, -0.1) is 0 Å². The molecule has 0 aliphatic carbocycles. The highest BCUT2D eigenvalue weighted by Gasteiger charge is 2.28. The Kier molecular flexibility index (Phi) is 4.84. The van der Waals surface area contributed by atoms with Gasteiger partial charge in [-0.1, -0.05) is 67.6 Å². The maximum atomic E-state index is 3.62. The Labute approximate surface area is 129 Å². The molecule has 0 amide bonds. The van der Waals surface area contributed by atoms with Crippen LogP contribution in [-0.4, -0.2) is 12.1 Å². The summed E-state index contributed by atoms with van der Waals surface area (Å²) >= 11 is 0. The molecule has 0 saturated heterocycles. The summed E-state index contributed by atoms with van der Waals surface area (Å²) in [4.78, 5) is 0. The first-order valence-corrected chi connectivity index (χ1v) is 7.78. The summed E-state index contributed by atoms with van der Waals surface area (Å²) in [6.45, 7) is 10.0. The zero-order chi connectivity index (χ0) is 15.3. The second kappa shape index (κ2) is 6.44. The molecule has 21 heavy (non-hydrogen) atoms. The Morgan fingerprint density at radius 1 is 0.714 bits per heavy atom. The Hall–Kier alpha value is -1.60. The van der Waals surface area contributed by atoms with E-state index in [2.05, 4.69) is 93.7 Å². The van der Waals surface area contributed by atoms with Crippen LogP contribution in [0.15, 0.2) is 60.7 Å². The van der Waals surface area contributed by atoms with E-state index < -0.39 is 0 Å². The average Bonchev–Trinajstić information content (AvgIpc) is 2.47. The molecule has 0 bridgehead atoms. The normalized spacial score (nSPS) is 12.4. The standard InChI is InChI=1S/C20H27N/c1-19(2,3)21-16-15-20(4,17-11-7-5-8-12-17)18-13-9-6-10-14-18/h5-14,21H,15-16H2,1-4H3. The maximum absolute atomic E-state index is 3.62. The monoisotopic (exact) mass is 281 g/mol. The number of hydrogen-bond acceptors (Lipinski definition) is 1. The largest absolute Gasteiger partial charge is 0.312 e. The highest BCUT2D eigenvalue weighted by molar-refractivity contribution is 5.38. The summed E-state index contributed by atoms with van der Waals surface area (Å²) in [6.07, 6.45) is 1.08. The average molecular weight is 281 g/mol. The predicted molar refractivity (Wildman–Crippen MR) is 91.7 cm³/mol. The van der Waals surface area contributed by atoms with E-state index >= 15 is 0 Å². The van der Waals surface area contributed by atoms with E-state index in [1.54, 1.807) is 0 Å². The summed E-state index contributed by atoms with van der Waals surface area (Å²) < 4.78 is 0. The molecule has 2 rings (SSSR count). The van der Waals surface area contributed by atoms with Crippen molar-refractivity contribution >= 4 is 0 Å². The number of rotatable bonds is 5. The molecule has 0 aliphatic rings. The fourth-order valence-electron chi connectivity index (χ4n) is 2.75. The van der Waals surface area contributed by atoms with Gasteiger partial charge in [-0.05, 0) is 44.9 Å². The summed E-state index contributed by atoms with van der Waals surface area (Å²) in [5.41, 5.74) is 2.97. The van der Waals surface area contributed by atoms with Crippen molar-refractivity contribution in [2.24, 2.45) is 0 Å². The minimum Gasteiger partial charge on any atom is -0.312 e. The highest BCUT2D eigenvalue weighted by Crippen LogP contribution is 2.34. The van der Waals surface area contributed by atoms with Crippen molar-refractivity contribution in [1.82, 2.24) is 5.32 Å². The molecule has 0 radical (unpaired) electrons. The minimum atomic E-state index is 0.0424.